The third-order valence-corrected chi connectivity index (χ3v) is 5.51. The van der Waals surface area contributed by atoms with Crippen LogP contribution in [-0.4, -0.2) is 28.3 Å². The predicted molar refractivity (Wildman–Crippen MR) is 122 cm³/mol. The van der Waals surface area contributed by atoms with Crippen molar-refractivity contribution >= 4 is 22.7 Å². The van der Waals surface area contributed by atoms with Gasteiger partial charge in [-0.15, -0.1) is 0 Å². The number of aromatic nitrogens is 2. The second-order valence-electron chi connectivity index (χ2n) is 7.70. The van der Waals surface area contributed by atoms with Crippen LogP contribution in [0, 0.1) is 19.7 Å². The number of benzene rings is 2. The lowest BCUT2D eigenvalue weighted by Gasteiger charge is -2.08. The summed E-state index contributed by atoms with van der Waals surface area (Å²) < 4.78 is 14.1. The SMILES string of the molecule is Cc1[nH]c2c(F)ccc(C)c2c1CCNC(=O)c1cccc(-c2cccc(C(N)=O)c2)n1. The number of nitrogens with zero attached hydrogens (tertiary/aromatic N) is 1. The largest absolute Gasteiger partial charge is 0.366 e. The minimum Gasteiger partial charge on any atom is -0.366 e. The average molecular weight is 430 g/mol. The van der Waals surface area contributed by atoms with Crippen molar-refractivity contribution in [1.29, 1.82) is 0 Å². The first kappa shape index (κ1) is 21.2. The molecule has 0 unspecified atom stereocenters. The van der Waals surface area contributed by atoms with Gasteiger partial charge in [0.2, 0.25) is 5.91 Å². The lowest BCUT2D eigenvalue weighted by atomic mass is 10.0. The van der Waals surface area contributed by atoms with E-state index in [0.29, 0.717) is 35.3 Å². The molecule has 7 heteroatoms. The smallest absolute Gasteiger partial charge is 0.269 e. The van der Waals surface area contributed by atoms with Gasteiger partial charge in [-0.2, -0.15) is 0 Å². The number of primary amides is 1. The minimum atomic E-state index is -0.525. The Labute approximate surface area is 184 Å². The molecule has 4 N–H and O–H groups in total. The van der Waals surface area contributed by atoms with Crippen molar-refractivity contribution in [2.45, 2.75) is 20.3 Å². The summed E-state index contributed by atoms with van der Waals surface area (Å²) in [4.78, 5) is 31.7. The summed E-state index contributed by atoms with van der Waals surface area (Å²) in [5.74, 6) is -1.12. The van der Waals surface area contributed by atoms with Crippen LogP contribution in [0.15, 0.2) is 54.6 Å². The molecule has 32 heavy (non-hydrogen) atoms. The van der Waals surface area contributed by atoms with Crippen LogP contribution in [0.3, 0.4) is 0 Å². The van der Waals surface area contributed by atoms with Crippen LogP contribution < -0.4 is 11.1 Å². The number of H-pyrrole nitrogens is 1. The van der Waals surface area contributed by atoms with E-state index in [1.165, 1.54) is 6.07 Å². The average Bonchev–Trinajstić information content (AvgIpc) is 3.14. The lowest BCUT2D eigenvalue weighted by Crippen LogP contribution is -2.26. The molecule has 2 aromatic carbocycles. The fourth-order valence-electron chi connectivity index (χ4n) is 3.90. The monoisotopic (exact) mass is 430 g/mol. The second-order valence-corrected chi connectivity index (χ2v) is 7.70. The number of fused-ring (bicyclic) bond motifs is 1. The zero-order valence-corrected chi connectivity index (χ0v) is 17.8. The topological polar surface area (TPSA) is 101 Å². The highest BCUT2D eigenvalue weighted by Crippen LogP contribution is 2.28. The number of aryl methyl sites for hydroxylation is 2. The highest BCUT2D eigenvalue weighted by atomic mass is 19.1. The maximum atomic E-state index is 14.1. The zero-order valence-electron chi connectivity index (χ0n) is 17.8. The van der Waals surface area contributed by atoms with E-state index in [1.807, 2.05) is 13.8 Å². The van der Waals surface area contributed by atoms with Crippen LogP contribution in [0.4, 0.5) is 4.39 Å². The third-order valence-electron chi connectivity index (χ3n) is 5.51. The van der Waals surface area contributed by atoms with Gasteiger partial charge in [-0.25, -0.2) is 9.37 Å². The van der Waals surface area contributed by atoms with Crippen LogP contribution in [0.1, 0.15) is 37.7 Å². The maximum absolute atomic E-state index is 14.1. The summed E-state index contributed by atoms with van der Waals surface area (Å²) in [6, 6.07) is 15.2. The van der Waals surface area contributed by atoms with E-state index >= 15 is 0 Å². The molecule has 0 atom stereocenters. The van der Waals surface area contributed by atoms with Crippen molar-refractivity contribution in [2.75, 3.05) is 6.54 Å². The van der Waals surface area contributed by atoms with Crippen molar-refractivity contribution < 1.29 is 14.0 Å². The molecule has 4 rings (SSSR count). The van der Waals surface area contributed by atoms with E-state index in [1.54, 1.807) is 48.5 Å². The summed E-state index contributed by atoms with van der Waals surface area (Å²) in [7, 11) is 0. The number of carbonyl (C=O) groups is 2. The summed E-state index contributed by atoms with van der Waals surface area (Å²) in [6.07, 6.45) is 0.558. The van der Waals surface area contributed by atoms with Crippen LogP contribution >= 0.6 is 0 Å². The molecular weight excluding hydrogens is 407 g/mol. The molecule has 2 aromatic heterocycles. The Morgan fingerprint density at radius 2 is 1.88 bits per heavy atom. The van der Waals surface area contributed by atoms with Crippen LogP contribution in [0.2, 0.25) is 0 Å². The first-order chi connectivity index (χ1) is 15.3. The van der Waals surface area contributed by atoms with Gasteiger partial charge in [-0.05, 0) is 61.7 Å². The molecule has 162 valence electrons. The molecule has 0 radical (unpaired) electrons. The number of rotatable bonds is 6. The van der Waals surface area contributed by atoms with Crippen molar-refractivity contribution in [1.82, 2.24) is 15.3 Å². The molecule has 0 aliphatic carbocycles. The molecule has 0 spiro atoms. The van der Waals surface area contributed by atoms with Crippen LogP contribution in [0.25, 0.3) is 22.2 Å². The number of nitrogens with two attached hydrogens (primary N) is 1. The van der Waals surface area contributed by atoms with Crippen LogP contribution in [-0.2, 0) is 6.42 Å². The molecule has 0 aliphatic heterocycles. The maximum Gasteiger partial charge on any atom is 0.269 e. The van der Waals surface area contributed by atoms with Gasteiger partial charge in [0, 0.05) is 28.8 Å². The van der Waals surface area contributed by atoms with Crippen molar-refractivity contribution in [3.8, 4) is 11.3 Å². The second kappa shape index (κ2) is 8.63. The molecule has 0 saturated carbocycles. The normalized spacial score (nSPS) is 11.0. The summed E-state index contributed by atoms with van der Waals surface area (Å²) in [5, 5.41) is 3.76. The van der Waals surface area contributed by atoms with Gasteiger partial charge in [0.15, 0.2) is 0 Å². The number of aromatic amines is 1. The Hall–Kier alpha value is -4.00. The number of hydrogen-bond acceptors (Lipinski definition) is 3. The predicted octanol–water partition coefficient (Wildman–Crippen LogP) is 4.06. The fraction of sp³-hybridized carbons (Fsp3) is 0.160. The Kier molecular flexibility index (Phi) is 5.73. The fourth-order valence-corrected chi connectivity index (χ4v) is 3.90. The number of pyridine rings is 1. The summed E-state index contributed by atoms with van der Waals surface area (Å²) >= 11 is 0. The first-order valence-corrected chi connectivity index (χ1v) is 10.3. The van der Waals surface area contributed by atoms with E-state index in [2.05, 4.69) is 15.3 Å². The lowest BCUT2D eigenvalue weighted by molar-refractivity contribution is 0.0948. The first-order valence-electron chi connectivity index (χ1n) is 10.3. The van der Waals surface area contributed by atoms with Crippen molar-refractivity contribution in [3.05, 3.63) is 88.5 Å². The molecule has 4 aromatic rings. The van der Waals surface area contributed by atoms with Crippen LogP contribution in [0.5, 0.6) is 0 Å². The molecule has 6 nitrogen and oxygen atoms in total. The molecular formula is C25H23FN4O2. The standard InChI is InChI=1S/C25H23FN4O2/c1-14-9-10-19(26)23-22(14)18(15(2)29-23)11-12-28-25(32)21-8-4-7-20(30-21)16-5-3-6-17(13-16)24(27)31/h3-10,13,29H,11-12H2,1-2H3,(H2,27,31)(H,28,32). The number of amides is 2. The molecule has 0 saturated heterocycles. The Bertz CT molecular complexity index is 1340. The number of halogens is 1. The van der Waals surface area contributed by atoms with E-state index < -0.39 is 5.91 Å². The Morgan fingerprint density at radius 1 is 1.09 bits per heavy atom. The molecule has 0 aliphatic rings. The Morgan fingerprint density at radius 3 is 2.66 bits per heavy atom. The highest BCUT2D eigenvalue weighted by molar-refractivity contribution is 5.95. The highest BCUT2D eigenvalue weighted by Gasteiger charge is 2.15. The molecule has 0 fully saturated rings. The van der Waals surface area contributed by atoms with Gasteiger partial charge in [-0.3, -0.25) is 9.59 Å². The molecule has 2 heterocycles. The number of carbonyl (C=O) groups excluding carboxylic acids is 2. The van der Waals surface area contributed by atoms with E-state index in [9.17, 15) is 14.0 Å². The van der Waals surface area contributed by atoms with Gasteiger partial charge in [0.25, 0.3) is 5.91 Å². The summed E-state index contributed by atoms with van der Waals surface area (Å²) in [6.45, 7) is 4.23. The van der Waals surface area contributed by atoms with E-state index in [0.717, 1.165) is 22.2 Å². The van der Waals surface area contributed by atoms with E-state index in [-0.39, 0.29) is 17.4 Å². The van der Waals surface area contributed by atoms with Gasteiger partial charge < -0.3 is 16.0 Å². The van der Waals surface area contributed by atoms with Gasteiger partial charge in [-0.1, -0.05) is 24.3 Å². The van der Waals surface area contributed by atoms with E-state index in [4.69, 9.17) is 5.73 Å². The van der Waals surface area contributed by atoms with Gasteiger partial charge in [0.1, 0.15) is 11.5 Å². The number of hydrogen-bond donors (Lipinski definition) is 3. The van der Waals surface area contributed by atoms with Crippen molar-refractivity contribution in [3.63, 3.8) is 0 Å². The third kappa shape index (κ3) is 4.09. The zero-order chi connectivity index (χ0) is 22.8. The van der Waals surface area contributed by atoms with Crippen molar-refractivity contribution in [2.24, 2.45) is 5.73 Å². The Balaban J connectivity index is 1.49. The van der Waals surface area contributed by atoms with Gasteiger partial charge >= 0.3 is 0 Å². The number of nitrogens with one attached hydrogen (secondary N) is 2. The molecule has 0 bridgehead atoms. The quantitative estimate of drug-likeness (QED) is 0.430. The summed E-state index contributed by atoms with van der Waals surface area (Å²) in [5.41, 5.74) is 10.6. The van der Waals surface area contributed by atoms with Gasteiger partial charge in [0.05, 0.1) is 11.2 Å². The minimum absolute atomic E-state index is 0.268. The molecule has 2 amide bonds.